The van der Waals surface area contributed by atoms with Gasteiger partial charge in [-0.3, -0.25) is 0 Å². The van der Waals surface area contributed by atoms with Gasteiger partial charge in [0.15, 0.2) is 0 Å². The Labute approximate surface area is 88.9 Å². The van der Waals surface area contributed by atoms with Crippen LogP contribution in [-0.4, -0.2) is 24.0 Å². The Morgan fingerprint density at radius 2 is 1.86 bits per heavy atom. The molecule has 0 radical (unpaired) electrons. The Bertz CT molecular complexity index is 199. The highest BCUT2D eigenvalue weighted by molar-refractivity contribution is 4.94. The molecule has 0 amide bonds. The molecule has 1 heteroatoms. The molecule has 0 bridgehead atoms. The zero-order chi connectivity index (χ0) is 10.3. The van der Waals surface area contributed by atoms with Crippen LogP contribution >= 0.6 is 0 Å². The maximum absolute atomic E-state index is 2.64. The highest BCUT2D eigenvalue weighted by atomic mass is 15.2. The van der Waals surface area contributed by atoms with E-state index >= 15 is 0 Å². The van der Waals surface area contributed by atoms with Gasteiger partial charge in [-0.25, -0.2) is 0 Å². The van der Waals surface area contributed by atoms with Crippen molar-refractivity contribution in [2.45, 2.75) is 58.5 Å². The third-order valence-corrected chi connectivity index (χ3v) is 4.80. The lowest BCUT2D eigenvalue weighted by atomic mass is 9.74. The molecule has 2 aliphatic rings. The summed E-state index contributed by atoms with van der Waals surface area (Å²) in [6, 6.07) is 1.74. The molecule has 4 unspecified atom stereocenters. The molecular formula is C13H25N. The predicted octanol–water partition coefficient (Wildman–Crippen LogP) is 3.15. The summed E-state index contributed by atoms with van der Waals surface area (Å²) < 4.78 is 0. The number of likely N-dealkylation sites (tertiary alicyclic amines) is 1. The number of fused-ring (bicyclic) bond motifs is 1. The summed E-state index contributed by atoms with van der Waals surface area (Å²) in [6.45, 7) is 7.18. The van der Waals surface area contributed by atoms with E-state index in [0.29, 0.717) is 0 Å². The third-order valence-electron chi connectivity index (χ3n) is 4.80. The quantitative estimate of drug-likeness (QED) is 0.621. The van der Waals surface area contributed by atoms with Crippen molar-refractivity contribution in [2.75, 3.05) is 7.05 Å². The van der Waals surface area contributed by atoms with Crippen molar-refractivity contribution in [3.63, 3.8) is 0 Å². The van der Waals surface area contributed by atoms with Gasteiger partial charge < -0.3 is 4.90 Å². The normalized spacial score (nSPS) is 44.4. The van der Waals surface area contributed by atoms with Gasteiger partial charge in [0.25, 0.3) is 0 Å². The minimum atomic E-state index is 0.830. The third kappa shape index (κ3) is 1.71. The van der Waals surface area contributed by atoms with Crippen molar-refractivity contribution in [3.8, 4) is 0 Å². The van der Waals surface area contributed by atoms with Gasteiger partial charge in [-0.2, -0.15) is 0 Å². The Balaban J connectivity index is 2.01. The summed E-state index contributed by atoms with van der Waals surface area (Å²) in [4.78, 5) is 2.64. The molecule has 1 heterocycles. The smallest absolute Gasteiger partial charge is 0.0127 e. The van der Waals surface area contributed by atoms with Crippen molar-refractivity contribution in [2.24, 2.45) is 17.8 Å². The van der Waals surface area contributed by atoms with E-state index in [0.717, 1.165) is 29.8 Å². The van der Waals surface area contributed by atoms with E-state index in [4.69, 9.17) is 0 Å². The highest BCUT2D eigenvalue weighted by Crippen LogP contribution is 2.42. The SMILES string of the molecule is CC(C)C1CCC2CC(C)N(C)C2C1. The van der Waals surface area contributed by atoms with Crippen LogP contribution in [0.15, 0.2) is 0 Å². The van der Waals surface area contributed by atoms with Crippen LogP contribution in [0.25, 0.3) is 0 Å². The van der Waals surface area contributed by atoms with E-state index in [9.17, 15) is 0 Å². The van der Waals surface area contributed by atoms with Crippen LogP contribution in [0.3, 0.4) is 0 Å². The molecule has 2 rings (SSSR count). The fourth-order valence-electron chi connectivity index (χ4n) is 3.55. The first kappa shape index (κ1) is 10.5. The number of hydrogen-bond acceptors (Lipinski definition) is 1. The molecule has 0 aromatic heterocycles. The number of hydrogen-bond donors (Lipinski definition) is 0. The standard InChI is InChI=1S/C13H25N/c1-9(2)11-5-6-12-7-10(3)14(4)13(12)8-11/h9-13H,5-8H2,1-4H3. The van der Waals surface area contributed by atoms with Crippen LogP contribution in [0.4, 0.5) is 0 Å². The average Bonchev–Trinajstić information content (AvgIpc) is 2.43. The number of rotatable bonds is 1. The second-order valence-electron chi connectivity index (χ2n) is 5.89. The van der Waals surface area contributed by atoms with E-state index in [1.54, 1.807) is 0 Å². The van der Waals surface area contributed by atoms with E-state index in [1.807, 2.05) is 0 Å². The van der Waals surface area contributed by atoms with Crippen LogP contribution in [0.2, 0.25) is 0 Å². The minimum Gasteiger partial charge on any atom is -0.300 e. The van der Waals surface area contributed by atoms with Crippen LogP contribution in [0, 0.1) is 17.8 Å². The zero-order valence-corrected chi connectivity index (χ0v) is 10.2. The van der Waals surface area contributed by atoms with Gasteiger partial charge in [0.2, 0.25) is 0 Å². The van der Waals surface area contributed by atoms with Crippen molar-refractivity contribution in [1.82, 2.24) is 4.90 Å². The summed E-state index contributed by atoms with van der Waals surface area (Å²) >= 11 is 0. The van der Waals surface area contributed by atoms with Gasteiger partial charge in [-0.1, -0.05) is 13.8 Å². The summed E-state index contributed by atoms with van der Waals surface area (Å²) in [5, 5.41) is 0. The van der Waals surface area contributed by atoms with Crippen molar-refractivity contribution < 1.29 is 0 Å². The fraction of sp³-hybridized carbons (Fsp3) is 1.00. The number of nitrogens with zero attached hydrogens (tertiary/aromatic N) is 1. The Morgan fingerprint density at radius 3 is 2.50 bits per heavy atom. The molecule has 1 saturated carbocycles. The lowest BCUT2D eigenvalue weighted by molar-refractivity contribution is 0.133. The molecule has 2 fully saturated rings. The second kappa shape index (κ2) is 3.84. The molecule has 1 aliphatic carbocycles. The maximum atomic E-state index is 2.64. The van der Waals surface area contributed by atoms with Gasteiger partial charge in [-0.05, 0) is 57.4 Å². The van der Waals surface area contributed by atoms with Crippen LogP contribution in [0.5, 0.6) is 0 Å². The zero-order valence-electron chi connectivity index (χ0n) is 10.2. The predicted molar refractivity (Wildman–Crippen MR) is 61.3 cm³/mol. The van der Waals surface area contributed by atoms with Crippen LogP contribution in [-0.2, 0) is 0 Å². The summed E-state index contributed by atoms with van der Waals surface area (Å²) in [5.74, 6) is 2.90. The van der Waals surface area contributed by atoms with E-state index < -0.39 is 0 Å². The van der Waals surface area contributed by atoms with Gasteiger partial charge in [0.1, 0.15) is 0 Å². The maximum Gasteiger partial charge on any atom is 0.0127 e. The molecule has 0 spiro atoms. The second-order valence-corrected chi connectivity index (χ2v) is 5.89. The topological polar surface area (TPSA) is 3.24 Å². The molecule has 14 heavy (non-hydrogen) atoms. The Morgan fingerprint density at radius 1 is 1.14 bits per heavy atom. The first-order chi connectivity index (χ1) is 6.59. The minimum absolute atomic E-state index is 0.830. The van der Waals surface area contributed by atoms with Crippen LogP contribution in [0.1, 0.15) is 46.5 Å². The molecule has 82 valence electrons. The lowest BCUT2D eigenvalue weighted by Gasteiger charge is -2.37. The Kier molecular flexibility index (Phi) is 2.88. The van der Waals surface area contributed by atoms with Crippen molar-refractivity contribution in [3.05, 3.63) is 0 Å². The van der Waals surface area contributed by atoms with Crippen molar-refractivity contribution >= 4 is 0 Å². The molecule has 0 aromatic carbocycles. The molecular weight excluding hydrogens is 170 g/mol. The summed E-state index contributed by atoms with van der Waals surface area (Å²) in [6.07, 6.45) is 5.89. The summed E-state index contributed by atoms with van der Waals surface area (Å²) in [7, 11) is 2.33. The first-order valence-electron chi connectivity index (χ1n) is 6.31. The average molecular weight is 195 g/mol. The lowest BCUT2D eigenvalue weighted by Crippen LogP contribution is -2.38. The molecule has 0 N–H and O–H groups in total. The Hall–Kier alpha value is -0.0400. The van der Waals surface area contributed by atoms with Gasteiger partial charge in [0, 0.05) is 12.1 Å². The highest BCUT2D eigenvalue weighted by Gasteiger charge is 2.40. The van der Waals surface area contributed by atoms with E-state index in [1.165, 1.54) is 25.7 Å². The fourth-order valence-corrected chi connectivity index (χ4v) is 3.55. The molecule has 1 nitrogen and oxygen atoms in total. The molecule has 0 aromatic rings. The van der Waals surface area contributed by atoms with Gasteiger partial charge >= 0.3 is 0 Å². The van der Waals surface area contributed by atoms with Crippen molar-refractivity contribution in [1.29, 1.82) is 0 Å². The van der Waals surface area contributed by atoms with Crippen LogP contribution < -0.4 is 0 Å². The molecule has 1 aliphatic heterocycles. The van der Waals surface area contributed by atoms with E-state index in [2.05, 4.69) is 32.7 Å². The largest absolute Gasteiger partial charge is 0.300 e. The first-order valence-corrected chi connectivity index (χ1v) is 6.31. The molecule has 4 atom stereocenters. The van der Waals surface area contributed by atoms with E-state index in [-0.39, 0.29) is 0 Å². The molecule has 1 saturated heterocycles. The summed E-state index contributed by atoms with van der Waals surface area (Å²) in [5.41, 5.74) is 0. The monoisotopic (exact) mass is 195 g/mol. The van der Waals surface area contributed by atoms with Gasteiger partial charge in [0.05, 0.1) is 0 Å². The van der Waals surface area contributed by atoms with Gasteiger partial charge in [-0.15, -0.1) is 0 Å².